The van der Waals surface area contributed by atoms with E-state index in [1.165, 1.54) is 4.90 Å². The van der Waals surface area contributed by atoms with Gasteiger partial charge in [-0.1, -0.05) is 0 Å². The summed E-state index contributed by atoms with van der Waals surface area (Å²) in [6.07, 6.45) is 2.93. The van der Waals surface area contributed by atoms with Crippen LogP contribution in [0.15, 0.2) is 0 Å². The van der Waals surface area contributed by atoms with Crippen LogP contribution in [0.4, 0.5) is 0 Å². The Balaban J connectivity index is 1.95. The summed E-state index contributed by atoms with van der Waals surface area (Å²) in [5.41, 5.74) is 0. The zero-order valence-electron chi connectivity index (χ0n) is 9.52. The molecule has 0 radical (unpaired) electrons. The quantitative estimate of drug-likeness (QED) is 0.684. The van der Waals surface area contributed by atoms with Gasteiger partial charge in [0.2, 0.25) is 11.8 Å². The van der Waals surface area contributed by atoms with Gasteiger partial charge >= 0.3 is 5.97 Å². The normalized spacial score (nSPS) is 23.3. The largest absolute Gasteiger partial charge is 0.480 e. The Morgan fingerprint density at radius 3 is 2.53 bits per heavy atom. The Bertz CT molecular complexity index is 351. The SMILES string of the molecule is O=C(O)CN(CC1CC1)C(=O)C1CCC(=O)N1. The minimum atomic E-state index is -1.01. The highest BCUT2D eigenvalue weighted by Gasteiger charge is 2.34. The maximum absolute atomic E-state index is 12.0. The smallest absolute Gasteiger partial charge is 0.323 e. The summed E-state index contributed by atoms with van der Waals surface area (Å²) in [6.45, 7) is 0.221. The lowest BCUT2D eigenvalue weighted by molar-refractivity contribution is -0.145. The van der Waals surface area contributed by atoms with Gasteiger partial charge in [0.25, 0.3) is 0 Å². The number of hydrogen-bond donors (Lipinski definition) is 2. The van der Waals surface area contributed by atoms with E-state index in [2.05, 4.69) is 5.32 Å². The maximum atomic E-state index is 12.0. The van der Waals surface area contributed by atoms with Gasteiger partial charge in [-0.15, -0.1) is 0 Å². The first-order valence-corrected chi connectivity index (χ1v) is 5.86. The predicted octanol–water partition coefficient (Wildman–Crippen LogP) is -0.412. The minimum absolute atomic E-state index is 0.134. The van der Waals surface area contributed by atoms with Crippen molar-refractivity contribution in [2.24, 2.45) is 5.92 Å². The molecule has 0 spiro atoms. The Labute approximate surface area is 99.0 Å². The van der Waals surface area contributed by atoms with Crippen LogP contribution < -0.4 is 5.32 Å². The topological polar surface area (TPSA) is 86.7 Å². The number of carboxylic acids is 1. The fraction of sp³-hybridized carbons (Fsp3) is 0.727. The Hall–Kier alpha value is -1.59. The number of nitrogens with one attached hydrogen (secondary N) is 1. The summed E-state index contributed by atoms with van der Waals surface area (Å²) < 4.78 is 0. The van der Waals surface area contributed by atoms with E-state index >= 15 is 0 Å². The molecule has 1 aliphatic heterocycles. The first-order chi connectivity index (χ1) is 8.06. The zero-order chi connectivity index (χ0) is 12.4. The van der Waals surface area contributed by atoms with Crippen molar-refractivity contribution in [1.29, 1.82) is 0 Å². The summed E-state index contributed by atoms with van der Waals surface area (Å²) in [5.74, 6) is -0.964. The standard InChI is InChI=1S/C11H16N2O4/c14-9-4-3-8(12-9)11(17)13(6-10(15)16)5-7-1-2-7/h7-8H,1-6H2,(H,12,14)(H,15,16). The van der Waals surface area contributed by atoms with Gasteiger partial charge in [0.15, 0.2) is 0 Å². The van der Waals surface area contributed by atoms with Crippen molar-refractivity contribution >= 4 is 17.8 Å². The molecule has 1 heterocycles. The van der Waals surface area contributed by atoms with Crippen LogP contribution in [-0.4, -0.2) is 46.9 Å². The van der Waals surface area contributed by atoms with Crippen molar-refractivity contribution in [3.8, 4) is 0 Å². The highest BCUT2D eigenvalue weighted by molar-refractivity contribution is 5.92. The van der Waals surface area contributed by atoms with Crippen LogP contribution in [0.3, 0.4) is 0 Å². The number of carbonyl (C=O) groups excluding carboxylic acids is 2. The molecule has 2 fully saturated rings. The number of nitrogens with zero attached hydrogens (tertiary/aromatic N) is 1. The van der Waals surface area contributed by atoms with Crippen LogP contribution in [0.25, 0.3) is 0 Å². The molecule has 17 heavy (non-hydrogen) atoms. The van der Waals surface area contributed by atoms with E-state index in [1.807, 2.05) is 0 Å². The first-order valence-electron chi connectivity index (χ1n) is 5.86. The van der Waals surface area contributed by atoms with Gasteiger partial charge in [-0.05, 0) is 25.2 Å². The lowest BCUT2D eigenvalue weighted by atomic mass is 10.2. The number of rotatable bonds is 5. The summed E-state index contributed by atoms with van der Waals surface area (Å²) in [7, 11) is 0. The van der Waals surface area contributed by atoms with Crippen molar-refractivity contribution in [1.82, 2.24) is 10.2 Å². The average Bonchev–Trinajstić information content (AvgIpc) is 2.96. The van der Waals surface area contributed by atoms with E-state index in [1.54, 1.807) is 0 Å². The van der Waals surface area contributed by atoms with Gasteiger partial charge < -0.3 is 15.3 Å². The first kappa shape index (κ1) is 11.9. The molecule has 1 unspecified atom stereocenters. The molecule has 2 amide bonds. The number of carbonyl (C=O) groups is 3. The highest BCUT2D eigenvalue weighted by atomic mass is 16.4. The fourth-order valence-corrected chi connectivity index (χ4v) is 2.03. The molecule has 0 aromatic carbocycles. The van der Waals surface area contributed by atoms with Crippen molar-refractivity contribution in [3.63, 3.8) is 0 Å². The van der Waals surface area contributed by atoms with Crippen molar-refractivity contribution in [3.05, 3.63) is 0 Å². The number of carboxylic acid groups (broad SMARTS) is 1. The van der Waals surface area contributed by atoms with Gasteiger partial charge in [-0.2, -0.15) is 0 Å². The van der Waals surface area contributed by atoms with Crippen molar-refractivity contribution in [2.75, 3.05) is 13.1 Å². The summed E-state index contributed by atoms with van der Waals surface area (Å²) in [4.78, 5) is 35.1. The summed E-state index contributed by atoms with van der Waals surface area (Å²) >= 11 is 0. The van der Waals surface area contributed by atoms with Crippen LogP contribution in [0.2, 0.25) is 0 Å². The summed E-state index contributed by atoms with van der Waals surface area (Å²) in [5, 5.41) is 11.4. The molecule has 1 saturated heterocycles. The van der Waals surface area contributed by atoms with Crippen LogP contribution in [0, 0.1) is 5.92 Å². The van der Waals surface area contributed by atoms with Gasteiger partial charge in [-0.25, -0.2) is 0 Å². The van der Waals surface area contributed by atoms with E-state index in [0.29, 0.717) is 25.3 Å². The molecule has 1 atom stereocenters. The van der Waals surface area contributed by atoms with Gasteiger partial charge in [0.1, 0.15) is 12.6 Å². The van der Waals surface area contributed by atoms with Gasteiger partial charge in [-0.3, -0.25) is 14.4 Å². The molecular formula is C11H16N2O4. The van der Waals surface area contributed by atoms with Crippen molar-refractivity contribution in [2.45, 2.75) is 31.7 Å². The maximum Gasteiger partial charge on any atom is 0.323 e. The second kappa shape index (κ2) is 4.73. The predicted molar refractivity (Wildman–Crippen MR) is 58.1 cm³/mol. The molecule has 2 aliphatic rings. The van der Waals surface area contributed by atoms with Gasteiger partial charge in [0.05, 0.1) is 0 Å². The molecule has 6 nitrogen and oxygen atoms in total. The van der Waals surface area contributed by atoms with Gasteiger partial charge in [0, 0.05) is 13.0 Å². The zero-order valence-corrected chi connectivity index (χ0v) is 9.52. The Kier molecular flexibility index (Phi) is 3.31. The molecule has 0 aromatic rings. The molecule has 1 aliphatic carbocycles. The molecular weight excluding hydrogens is 224 g/mol. The lowest BCUT2D eigenvalue weighted by Crippen LogP contribution is -2.47. The third-order valence-electron chi connectivity index (χ3n) is 3.11. The third-order valence-corrected chi connectivity index (χ3v) is 3.11. The molecule has 2 N–H and O–H groups in total. The molecule has 0 bridgehead atoms. The highest BCUT2D eigenvalue weighted by Crippen LogP contribution is 2.30. The Morgan fingerprint density at radius 2 is 2.06 bits per heavy atom. The second-order valence-corrected chi connectivity index (χ2v) is 4.71. The monoisotopic (exact) mass is 240 g/mol. The number of aliphatic carboxylic acids is 1. The van der Waals surface area contributed by atoms with Crippen LogP contribution in [0.1, 0.15) is 25.7 Å². The molecule has 94 valence electrons. The lowest BCUT2D eigenvalue weighted by Gasteiger charge is -2.23. The summed E-state index contributed by atoms with van der Waals surface area (Å²) in [6, 6.07) is -0.527. The van der Waals surface area contributed by atoms with E-state index < -0.39 is 12.0 Å². The van der Waals surface area contributed by atoms with E-state index in [-0.39, 0.29) is 18.4 Å². The molecule has 2 rings (SSSR count). The number of hydrogen-bond acceptors (Lipinski definition) is 3. The number of amides is 2. The van der Waals surface area contributed by atoms with Crippen LogP contribution in [0.5, 0.6) is 0 Å². The fourth-order valence-electron chi connectivity index (χ4n) is 2.03. The van der Waals surface area contributed by atoms with E-state index in [9.17, 15) is 14.4 Å². The van der Waals surface area contributed by atoms with Crippen LogP contribution in [-0.2, 0) is 14.4 Å². The molecule has 1 saturated carbocycles. The molecule has 6 heteroatoms. The average molecular weight is 240 g/mol. The van der Waals surface area contributed by atoms with E-state index in [0.717, 1.165) is 12.8 Å². The molecule has 0 aromatic heterocycles. The van der Waals surface area contributed by atoms with E-state index in [4.69, 9.17) is 5.11 Å². The Morgan fingerprint density at radius 1 is 1.35 bits per heavy atom. The minimum Gasteiger partial charge on any atom is -0.480 e. The second-order valence-electron chi connectivity index (χ2n) is 4.71. The van der Waals surface area contributed by atoms with Crippen molar-refractivity contribution < 1.29 is 19.5 Å². The van der Waals surface area contributed by atoms with Crippen LogP contribution >= 0.6 is 0 Å². The third kappa shape index (κ3) is 3.18.